The first-order chi connectivity index (χ1) is 7.66. The van der Waals surface area contributed by atoms with Crippen LogP contribution in [0.4, 0.5) is 5.69 Å². The fourth-order valence-electron chi connectivity index (χ4n) is 1.24. The number of rotatable bonds is 3. The van der Waals surface area contributed by atoms with Gasteiger partial charge in [0.15, 0.2) is 0 Å². The maximum absolute atomic E-state index is 10.5. The van der Waals surface area contributed by atoms with Gasteiger partial charge in [-0.2, -0.15) is 0 Å². The Morgan fingerprint density at radius 1 is 1.25 bits per heavy atom. The van der Waals surface area contributed by atoms with E-state index in [0.717, 1.165) is 15.6 Å². The van der Waals surface area contributed by atoms with Gasteiger partial charge in [-0.05, 0) is 25.1 Å². The highest BCUT2D eigenvalue weighted by molar-refractivity contribution is 7.99. The summed E-state index contributed by atoms with van der Waals surface area (Å²) in [4.78, 5) is 12.0. The second-order valence-corrected chi connectivity index (χ2v) is 4.31. The third kappa shape index (κ3) is 2.25. The third-order valence-corrected chi connectivity index (χ3v) is 3.24. The van der Waals surface area contributed by atoms with Crippen molar-refractivity contribution in [3.05, 3.63) is 52.5 Å². The topological polar surface area (TPSA) is 56.3 Å². The van der Waals surface area contributed by atoms with Crippen molar-refractivity contribution in [2.24, 2.45) is 0 Å². The van der Waals surface area contributed by atoms with Gasteiger partial charge in [0.2, 0.25) is 0 Å². The molecule has 16 heavy (non-hydrogen) atoms. The molecule has 1 heterocycles. The van der Waals surface area contributed by atoms with Crippen LogP contribution in [-0.2, 0) is 0 Å². The molecule has 0 unspecified atom stereocenters. The number of benzene rings is 1. The van der Waals surface area contributed by atoms with Gasteiger partial charge in [0.25, 0.3) is 5.69 Å². The molecule has 2 aromatic rings. The molecule has 0 aliphatic heterocycles. The smallest absolute Gasteiger partial charge is 0.269 e. The van der Waals surface area contributed by atoms with Gasteiger partial charge in [-0.15, -0.1) is 0 Å². The second kappa shape index (κ2) is 4.40. The molecule has 82 valence electrons. The highest BCUT2D eigenvalue weighted by atomic mass is 32.2. The van der Waals surface area contributed by atoms with Gasteiger partial charge in [0, 0.05) is 17.0 Å². The van der Waals surface area contributed by atoms with Crippen molar-refractivity contribution in [2.75, 3.05) is 0 Å². The predicted octanol–water partition coefficient (Wildman–Crippen LogP) is 3.65. The number of nitrogens with zero attached hydrogens (tertiary/aromatic N) is 1. The van der Waals surface area contributed by atoms with Gasteiger partial charge < -0.3 is 4.42 Å². The summed E-state index contributed by atoms with van der Waals surface area (Å²) in [7, 11) is 0. The Morgan fingerprint density at radius 2 is 1.94 bits per heavy atom. The lowest BCUT2D eigenvalue weighted by Gasteiger charge is -1.99. The van der Waals surface area contributed by atoms with Crippen LogP contribution in [-0.4, -0.2) is 4.92 Å². The van der Waals surface area contributed by atoms with Crippen LogP contribution in [0.15, 0.2) is 50.8 Å². The first-order valence-corrected chi connectivity index (χ1v) is 5.45. The summed E-state index contributed by atoms with van der Waals surface area (Å²) in [6, 6.07) is 8.33. The Morgan fingerprint density at radius 3 is 2.44 bits per heavy atom. The molecule has 0 radical (unpaired) electrons. The molecule has 0 N–H and O–H groups in total. The molecule has 5 heteroatoms. The molecule has 1 aromatic carbocycles. The lowest BCUT2D eigenvalue weighted by atomic mass is 10.3. The molecular weight excluding hydrogens is 226 g/mol. The maximum atomic E-state index is 10.5. The largest absolute Gasteiger partial charge is 0.468 e. The molecule has 0 saturated heterocycles. The van der Waals surface area contributed by atoms with Gasteiger partial charge in [-0.1, -0.05) is 11.8 Å². The van der Waals surface area contributed by atoms with E-state index in [-0.39, 0.29) is 5.69 Å². The van der Waals surface area contributed by atoms with Crippen LogP contribution in [0.1, 0.15) is 5.76 Å². The van der Waals surface area contributed by atoms with Crippen molar-refractivity contribution in [2.45, 2.75) is 16.7 Å². The molecule has 2 rings (SSSR count). The van der Waals surface area contributed by atoms with Crippen LogP contribution >= 0.6 is 11.8 Å². The van der Waals surface area contributed by atoms with Crippen LogP contribution < -0.4 is 0 Å². The molecule has 0 spiro atoms. The van der Waals surface area contributed by atoms with E-state index in [2.05, 4.69) is 0 Å². The fraction of sp³-hybridized carbons (Fsp3) is 0.0909. The summed E-state index contributed by atoms with van der Waals surface area (Å²) in [6.45, 7) is 1.88. The summed E-state index contributed by atoms with van der Waals surface area (Å²) in [5.41, 5.74) is 0.105. The lowest BCUT2D eigenvalue weighted by molar-refractivity contribution is -0.384. The summed E-state index contributed by atoms with van der Waals surface area (Å²) < 4.78 is 5.17. The normalized spacial score (nSPS) is 10.3. The van der Waals surface area contributed by atoms with E-state index in [1.54, 1.807) is 18.4 Å². The van der Waals surface area contributed by atoms with E-state index in [1.807, 2.05) is 13.0 Å². The minimum absolute atomic E-state index is 0.105. The lowest BCUT2D eigenvalue weighted by Crippen LogP contribution is -1.86. The van der Waals surface area contributed by atoms with Crippen LogP contribution in [0.25, 0.3) is 0 Å². The first kappa shape index (κ1) is 10.8. The van der Waals surface area contributed by atoms with Gasteiger partial charge in [-0.25, -0.2) is 0 Å². The average Bonchev–Trinajstić information content (AvgIpc) is 2.65. The molecule has 0 fully saturated rings. The number of non-ortho nitro benzene ring substituents is 1. The number of hydrogen-bond donors (Lipinski definition) is 0. The molecule has 1 aromatic heterocycles. The molecule has 0 atom stereocenters. The van der Waals surface area contributed by atoms with Gasteiger partial charge in [-0.3, -0.25) is 10.1 Å². The Labute approximate surface area is 96.4 Å². The summed E-state index contributed by atoms with van der Waals surface area (Å²) in [5, 5.41) is 10.5. The standard InChI is InChI=1S/C11H9NO3S/c1-8-11(6-7-15-8)16-10-4-2-9(3-5-10)12(13)14/h2-7H,1H3. The van der Waals surface area contributed by atoms with Crippen LogP contribution in [0, 0.1) is 17.0 Å². The molecule has 0 amide bonds. The fourth-order valence-corrected chi connectivity index (χ4v) is 2.08. The van der Waals surface area contributed by atoms with Crippen LogP contribution in [0.2, 0.25) is 0 Å². The van der Waals surface area contributed by atoms with Gasteiger partial charge >= 0.3 is 0 Å². The monoisotopic (exact) mass is 235 g/mol. The minimum atomic E-state index is -0.405. The zero-order chi connectivity index (χ0) is 11.5. The molecule has 0 saturated carbocycles. The van der Waals surface area contributed by atoms with Crippen molar-refractivity contribution in [1.29, 1.82) is 0 Å². The summed E-state index contributed by atoms with van der Waals surface area (Å²) in [5.74, 6) is 0.850. The van der Waals surface area contributed by atoms with Gasteiger partial charge in [0.1, 0.15) is 5.76 Å². The number of nitro groups is 1. The van der Waals surface area contributed by atoms with E-state index in [1.165, 1.54) is 23.9 Å². The highest BCUT2D eigenvalue weighted by Crippen LogP contribution is 2.31. The number of furan rings is 1. The van der Waals surface area contributed by atoms with Crippen molar-refractivity contribution < 1.29 is 9.34 Å². The van der Waals surface area contributed by atoms with E-state index in [0.29, 0.717) is 0 Å². The van der Waals surface area contributed by atoms with E-state index in [9.17, 15) is 10.1 Å². The molecule has 0 aliphatic rings. The molecule has 0 aliphatic carbocycles. The Bertz CT molecular complexity index is 504. The summed E-state index contributed by atoms with van der Waals surface area (Å²) >= 11 is 1.52. The zero-order valence-corrected chi connectivity index (χ0v) is 9.36. The first-order valence-electron chi connectivity index (χ1n) is 4.63. The van der Waals surface area contributed by atoms with Crippen molar-refractivity contribution in [1.82, 2.24) is 0 Å². The van der Waals surface area contributed by atoms with Crippen LogP contribution in [0.3, 0.4) is 0 Å². The van der Waals surface area contributed by atoms with E-state index in [4.69, 9.17) is 4.42 Å². The van der Waals surface area contributed by atoms with Crippen molar-refractivity contribution >= 4 is 17.4 Å². The van der Waals surface area contributed by atoms with E-state index >= 15 is 0 Å². The average molecular weight is 235 g/mol. The predicted molar refractivity (Wildman–Crippen MR) is 60.7 cm³/mol. The third-order valence-electron chi connectivity index (χ3n) is 2.09. The van der Waals surface area contributed by atoms with Crippen molar-refractivity contribution in [3.63, 3.8) is 0 Å². The van der Waals surface area contributed by atoms with Crippen LogP contribution in [0.5, 0.6) is 0 Å². The zero-order valence-electron chi connectivity index (χ0n) is 8.54. The number of nitro benzene ring substituents is 1. The molecular formula is C11H9NO3S. The number of aryl methyl sites for hydroxylation is 1. The maximum Gasteiger partial charge on any atom is 0.269 e. The van der Waals surface area contributed by atoms with Gasteiger partial charge in [0.05, 0.1) is 16.1 Å². The Balaban J connectivity index is 2.17. The van der Waals surface area contributed by atoms with E-state index < -0.39 is 4.92 Å². The Hall–Kier alpha value is -1.75. The van der Waals surface area contributed by atoms with Crippen molar-refractivity contribution in [3.8, 4) is 0 Å². The second-order valence-electron chi connectivity index (χ2n) is 3.19. The minimum Gasteiger partial charge on any atom is -0.468 e. The number of hydrogen-bond acceptors (Lipinski definition) is 4. The quantitative estimate of drug-likeness (QED) is 0.602. The SMILES string of the molecule is Cc1occc1Sc1ccc([N+](=O)[O-])cc1. The molecule has 4 nitrogen and oxygen atoms in total. The Kier molecular flexibility index (Phi) is 2.96. The summed E-state index contributed by atoms with van der Waals surface area (Å²) in [6.07, 6.45) is 1.63. The highest BCUT2D eigenvalue weighted by Gasteiger charge is 2.07. The molecule has 0 bridgehead atoms.